The number of nitriles is 1. The summed E-state index contributed by atoms with van der Waals surface area (Å²) in [6.45, 7) is 3.21. The molecule has 0 saturated carbocycles. The van der Waals surface area contributed by atoms with Gasteiger partial charge in [-0.15, -0.1) is 0 Å². The quantitative estimate of drug-likeness (QED) is 0.707. The molecule has 1 aromatic rings. The minimum atomic E-state index is 0.695. The molecule has 0 bridgehead atoms. The molecule has 4 nitrogen and oxygen atoms in total. The maximum absolute atomic E-state index is 9.30. The lowest BCUT2D eigenvalue weighted by Gasteiger charge is -2.20. The van der Waals surface area contributed by atoms with E-state index in [0.29, 0.717) is 6.61 Å². The lowest BCUT2D eigenvalue weighted by atomic mass is 10.1. The van der Waals surface area contributed by atoms with Crippen LogP contribution < -0.4 is 10.2 Å². The van der Waals surface area contributed by atoms with Gasteiger partial charge >= 0.3 is 0 Å². The second-order valence-electron chi connectivity index (χ2n) is 4.55. The highest BCUT2D eigenvalue weighted by atomic mass is 32.2. The minimum Gasteiger partial charge on any atom is -0.383 e. The van der Waals surface area contributed by atoms with E-state index in [1.807, 2.05) is 30.9 Å². The van der Waals surface area contributed by atoms with Gasteiger partial charge in [0.2, 0.25) is 0 Å². The molecule has 0 radical (unpaired) electrons. The van der Waals surface area contributed by atoms with E-state index in [1.54, 1.807) is 7.11 Å². The van der Waals surface area contributed by atoms with E-state index < -0.39 is 0 Å². The van der Waals surface area contributed by atoms with Crippen molar-refractivity contribution in [1.82, 2.24) is 5.32 Å². The number of anilines is 1. The first-order chi connectivity index (χ1) is 9.72. The van der Waals surface area contributed by atoms with Crippen LogP contribution in [0, 0.1) is 11.3 Å². The molecule has 0 spiro atoms. The van der Waals surface area contributed by atoms with Crippen LogP contribution in [0.1, 0.15) is 11.1 Å². The van der Waals surface area contributed by atoms with Crippen LogP contribution in [0.5, 0.6) is 0 Å². The van der Waals surface area contributed by atoms with Crippen molar-refractivity contribution < 1.29 is 4.74 Å². The monoisotopic (exact) mass is 293 g/mol. The third-order valence-electron chi connectivity index (χ3n) is 3.04. The topological polar surface area (TPSA) is 48.3 Å². The van der Waals surface area contributed by atoms with Gasteiger partial charge in [0.05, 0.1) is 17.9 Å². The van der Waals surface area contributed by atoms with E-state index in [1.165, 1.54) is 0 Å². The summed E-state index contributed by atoms with van der Waals surface area (Å²) in [5.74, 6) is 1.06. The van der Waals surface area contributed by atoms with Gasteiger partial charge in [0.25, 0.3) is 0 Å². The number of ether oxygens (including phenoxy) is 1. The molecular formula is C15H23N3OS. The summed E-state index contributed by atoms with van der Waals surface area (Å²) in [7, 11) is 3.72. The highest BCUT2D eigenvalue weighted by Gasteiger charge is 2.08. The summed E-state index contributed by atoms with van der Waals surface area (Å²) >= 11 is 1.81. The lowest BCUT2D eigenvalue weighted by molar-refractivity contribution is 0.199. The second kappa shape index (κ2) is 9.65. The number of thioether (sulfide) groups is 1. The van der Waals surface area contributed by atoms with Crippen LogP contribution in [-0.2, 0) is 11.3 Å². The van der Waals surface area contributed by atoms with E-state index in [4.69, 9.17) is 4.74 Å². The molecule has 1 N–H and O–H groups in total. The first kappa shape index (κ1) is 16.8. The molecule has 1 aromatic carbocycles. The van der Waals surface area contributed by atoms with Crippen LogP contribution in [-0.4, -0.2) is 45.9 Å². The van der Waals surface area contributed by atoms with Crippen molar-refractivity contribution in [2.45, 2.75) is 6.54 Å². The fourth-order valence-electron chi connectivity index (χ4n) is 1.87. The Morgan fingerprint density at radius 2 is 2.25 bits per heavy atom. The molecule has 0 aliphatic carbocycles. The predicted octanol–water partition coefficient (Wildman–Crippen LogP) is 2.09. The van der Waals surface area contributed by atoms with Crippen molar-refractivity contribution in [3.8, 4) is 6.07 Å². The summed E-state index contributed by atoms with van der Waals surface area (Å²) < 4.78 is 4.99. The van der Waals surface area contributed by atoms with Crippen molar-refractivity contribution in [3.63, 3.8) is 0 Å². The van der Waals surface area contributed by atoms with Crippen LogP contribution in [0.4, 0.5) is 5.69 Å². The molecule has 0 amide bonds. The second-order valence-corrected chi connectivity index (χ2v) is 5.53. The summed E-state index contributed by atoms with van der Waals surface area (Å²) in [6.07, 6.45) is 2.09. The highest BCUT2D eigenvalue weighted by Crippen LogP contribution is 2.20. The molecule has 0 fully saturated rings. The normalized spacial score (nSPS) is 10.3. The molecule has 0 heterocycles. The Balaban J connectivity index is 2.68. The Labute approximate surface area is 126 Å². The number of methoxy groups -OCH3 is 1. The van der Waals surface area contributed by atoms with E-state index in [0.717, 1.165) is 42.2 Å². The van der Waals surface area contributed by atoms with Crippen LogP contribution in [0.2, 0.25) is 0 Å². The minimum absolute atomic E-state index is 0.695. The molecule has 0 saturated heterocycles. The fraction of sp³-hybridized carbons (Fsp3) is 0.533. The van der Waals surface area contributed by atoms with E-state index in [-0.39, 0.29) is 0 Å². The Kier molecular flexibility index (Phi) is 8.12. The molecule has 0 aromatic heterocycles. The van der Waals surface area contributed by atoms with E-state index in [2.05, 4.69) is 28.6 Å². The molecule has 0 aliphatic rings. The zero-order chi connectivity index (χ0) is 14.8. The molecule has 5 heteroatoms. The summed E-state index contributed by atoms with van der Waals surface area (Å²) in [6, 6.07) is 8.37. The summed E-state index contributed by atoms with van der Waals surface area (Å²) in [5, 5.41) is 12.6. The van der Waals surface area contributed by atoms with Gasteiger partial charge in [-0.25, -0.2) is 0 Å². The van der Waals surface area contributed by atoms with Crippen molar-refractivity contribution in [3.05, 3.63) is 29.3 Å². The van der Waals surface area contributed by atoms with Gasteiger partial charge in [0.1, 0.15) is 6.07 Å². The Hall–Kier alpha value is -1.22. The van der Waals surface area contributed by atoms with Crippen molar-refractivity contribution in [1.29, 1.82) is 5.26 Å². The predicted molar refractivity (Wildman–Crippen MR) is 86.4 cm³/mol. The third-order valence-corrected chi connectivity index (χ3v) is 3.63. The average Bonchev–Trinajstić information content (AvgIpc) is 2.49. The number of benzene rings is 1. The van der Waals surface area contributed by atoms with Crippen molar-refractivity contribution >= 4 is 17.4 Å². The smallest absolute Gasteiger partial charge is 0.101 e. The first-order valence-electron chi connectivity index (χ1n) is 6.65. The number of rotatable bonds is 9. The Bertz CT molecular complexity index is 445. The van der Waals surface area contributed by atoms with Crippen LogP contribution in [0.25, 0.3) is 0 Å². The molecule has 20 heavy (non-hydrogen) atoms. The molecular weight excluding hydrogens is 270 g/mol. The lowest BCUT2D eigenvalue weighted by Crippen LogP contribution is -2.22. The average molecular weight is 293 g/mol. The van der Waals surface area contributed by atoms with Gasteiger partial charge in [-0.3, -0.25) is 0 Å². The zero-order valence-electron chi connectivity index (χ0n) is 12.5. The largest absolute Gasteiger partial charge is 0.383 e. The van der Waals surface area contributed by atoms with Crippen molar-refractivity contribution in [2.24, 2.45) is 0 Å². The fourth-order valence-corrected chi connectivity index (χ4v) is 2.33. The van der Waals surface area contributed by atoms with Gasteiger partial charge in [-0.05, 0) is 24.0 Å². The Morgan fingerprint density at radius 3 is 2.90 bits per heavy atom. The van der Waals surface area contributed by atoms with Gasteiger partial charge in [0.15, 0.2) is 0 Å². The third kappa shape index (κ3) is 5.41. The number of hydrogen-bond acceptors (Lipinski definition) is 5. The van der Waals surface area contributed by atoms with E-state index >= 15 is 0 Å². The standard InChI is InChI=1S/C15H23N3OS/c1-18(7-9-20-3)15-5-4-13(10-14(15)11-16)12-17-6-8-19-2/h4-5,10,17H,6-9,12H2,1-3H3. The van der Waals surface area contributed by atoms with Gasteiger partial charge < -0.3 is 15.0 Å². The SMILES string of the molecule is COCCNCc1ccc(N(C)CCSC)c(C#N)c1. The van der Waals surface area contributed by atoms with E-state index in [9.17, 15) is 5.26 Å². The maximum Gasteiger partial charge on any atom is 0.101 e. The Morgan fingerprint density at radius 1 is 1.45 bits per heavy atom. The van der Waals surface area contributed by atoms with Crippen molar-refractivity contribution in [2.75, 3.05) is 50.8 Å². The summed E-state index contributed by atoms with van der Waals surface area (Å²) in [4.78, 5) is 2.14. The molecule has 1 rings (SSSR count). The number of nitrogens with zero attached hydrogens (tertiary/aromatic N) is 2. The molecule has 0 unspecified atom stereocenters. The number of nitrogens with one attached hydrogen (secondary N) is 1. The number of hydrogen-bond donors (Lipinski definition) is 1. The molecule has 0 atom stereocenters. The molecule has 0 aliphatic heterocycles. The van der Waals surface area contributed by atoms with Crippen LogP contribution in [0.15, 0.2) is 18.2 Å². The highest BCUT2D eigenvalue weighted by molar-refractivity contribution is 7.98. The van der Waals surface area contributed by atoms with Gasteiger partial charge in [-0.2, -0.15) is 17.0 Å². The van der Waals surface area contributed by atoms with Gasteiger partial charge in [-0.1, -0.05) is 6.07 Å². The maximum atomic E-state index is 9.30. The first-order valence-corrected chi connectivity index (χ1v) is 8.05. The zero-order valence-corrected chi connectivity index (χ0v) is 13.3. The van der Waals surface area contributed by atoms with Gasteiger partial charge in [0, 0.05) is 39.5 Å². The van der Waals surface area contributed by atoms with Crippen LogP contribution >= 0.6 is 11.8 Å². The van der Waals surface area contributed by atoms with Crippen LogP contribution in [0.3, 0.4) is 0 Å². The molecule has 110 valence electrons. The summed E-state index contributed by atoms with van der Waals surface area (Å²) in [5.41, 5.74) is 2.86.